The molecule has 1 spiro atoms. The summed E-state index contributed by atoms with van der Waals surface area (Å²) in [6.45, 7) is 0.495. The monoisotopic (exact) mass is 538 g/mol. The Labute approximate surface area is 204 Å². The van der Waals surface area contributed by atoms with Gasteiger partial charge in [0.05, 0.1) is 6.67 Å². The highest BCUT2D eigenvalue weighted by Crippen LogP contribution is 2.40. The van der Waals surface area contributed by atoms with Crippen LogP contribution in [0.15, 0.2) is 59.1 Å². The van der Waals surface area contributed by atoms with Crippen LogP contribution in [0.4, 0.5) is 18.9 Å². The van der Waals surface area contributed by atoms with E-state index in [1.807, 2.05) is 52.7 Å². The third-order valence-corrected chi connectivity index (χ3v) is 6.88. The van der Waals surface area contributed by atoms with Crippen molar-refractivity contribution in [3.63, 3.8) is 0 Å². The standard InChI is InChI=1S/C24H26BrF3N4O2/c25-19-7-4-8-20(13-19)32-17-31(15-21(33)29-16-24(26,27)28)22(34)23(32)9-11-30(12-10-23)14-18-5-2-1-3-6-18/h1-8,13H,9-12,14-17H2,(H,29,33). The number of benzene rings is 2. The molecule has 0 atom stereocenters. The molecule has 0 aliphatic carbocycles. The van der Waals surface area contributed by atoms with Gasteiger partial charge < -0.3 is 15.1 Å². The fourth-order valence-electron chi connectivity index (χ4n) is 4.71. The van der Waals surface area contributed by atoms with E-state index in [9.17, 15) is 22.8 Å². The highest BCUT2D eigenvalue weighted by Gasteiger charge is 2.54. The summed E-state index contributed by atoms with van der Waals surface area (Å²) < 4.78 is 38.3. The normalized spacial score (nSPS) is 18.5. The van der Waals surface area contributed by atoms with Gasteiger partial charge in [-0.3, -0.25) is 14.5 Å². The number of nitrogens with one attached hydrogen (secondary N) is 1. The summed E-state index contributed by atoms with van der Waals surface area (Å²) in [5.41, 5.74) is 1.19. The lowest BCUT2D eigenvalue weighted by Gasteiger charge is -2.43. The second-order valence-electron chi connectivity index (χ2n) is 8.74. The zero-order valence-corrected chi connectivity index (χ0v) is 20.1. The van der Waals surface area contributed by atoms with Gasteiger partial charge in [-0.1, -0.05) is 52.3 Å². The maximum Gasteiger partial charge on any atom is 0.405 e. The van der Waals surface area contributed by atoms with Gasteiger partial charge in [-0.2, -0.15) is 13.2 Å². The number of alkyl halides is 3. The van der Waals surface area contributed by atoms with Crippen LogP contribution in [0.3, 0.4) is 0 Å². The number of hydrogen-bond acceptors (Lipinski definition) is 4. The number of halogens is 4. The maximum atomic E-state index is 13.6. The molecule has 2 heterocycles. The molecular weight excluding hydrogens is 513 g/mol. The number of carbonyl (C=O) groups is 2. The Balaban J connectivity index is 1.51. The number of carbonyl (C=O) groups excluding carboxylic acids is 2. The number of hydrogen-bond donors (Lipinski definition) is 1. The first kappa shape index (κ1) is 24.5. The maximum absolute atomic E-state index is 13.6. The van der Waals surface area contributed by atoms with Gasteiger partial charge in [-0.15, -0.1) is 0 Å². The van der Waals surface area contributed by atoms with Crippen molar-refractivity contribution in [3.8, 4) is 0 Å². The predicted octanol–water partition coefficient (Wildman–Crippen LogP) is 3.77. The largest absolute Gasteiger partial charge is 0.405 e. The van der Waals surface area contributed by atoms with Gasteiger partial charge in [-0.25, -0.2) is 0 Å². The molecule has 1 N–H and O–H groups in total. The van der Waals surface area contributed by atoms with Crippen LogP contribution < -0.4 is 10.2 Å². The van der Waals surface area contributed by atoms with Gasteiger partial charge in [-0.05, 0) is 36.6 Å². The van der Waals surface area contributed by atoms with E-state index >= 15 is 0 Å². The Hall–Kier alpha value is -2.59. The first-order valence-corrected chi connectivity index (χ1v) is 11.9. The van der Waals surface area contributed by atoms with Gasteiger partial charge >= 0.3 is 6.18 Å². The van der Waals surface area contributed by atoms with Crippen molar-refractivity contribution in [3.05, 3.63) is 64.6 Å². The second kappa shape index (κ2) is 9.95. The molecule has 0 unspecified atom stereocenters. The minimum Gasteiger partial charge on any atom is -0.345 e. The summed E-state index contributed by atoms with van der Waals surface area (Å²) in [6, 6.07) is 17.7. The summed E-state index contributed by atoms with van der Waals surface area (Å²) in [5, 5.41) is 1.87. The van der Waals surface area contributed by atoms with Crippen LogP contribution in [0.5, 0.6) is 0 Å². The lowest BCUT2D eigenvalue weighted by atomic mass is 9.85. The average molecular weight is 539 g/mol. The molecule has 4 rings (SSSR count). The molecule has 2 aliphatic heterocycles. The molecule has 10 heteroatoms. The van der Waals surface area contributed by atoms with Crippen LogP contribution >= 0.6 is 15.9 Å². The van der Waals surface area contributed by atoms with Crippen LogP contribution in [0.25, 0.3) is 0 Å². The SMILES string of the molecule is O=C(CN1CN(c2cccc(Br)c2)C2(CCN(Cc3ccccc3)CC2)C1=O)NCC(F)(F)F. The number of amides is 2. The molecule has 0 radical (unpaired) electrons. The molecule has 0 saturated carbocycles. The van der Waals surface area contributed by atoms with Gasteiger partial charge in [0, 0.05) is 29.8 Å². The predicted molar refractivity (Wildman–Crippen MR) is 126 cm³/mol. The van der Waals surface area contributed by atoms with Crippen molar-refractivity contribution in [2.75, 3.05) is 37.7 Å². The van der Waals surface area contributed by atoms with Crippen molar-refractivity contribution in [2.45, 2.75) is 31.1 Å². The molecule has 2 fully saturated rings. The van der Waals surface area contributed by atoms with Gasteiger partial charge in [0.1, 0.15) is 18.6 Å². The topological polar surface area (TPSA) is 55.9 Å². The minimum absolute atomic E-state index is 0.146. The number of piperidine rings is 1. The molecule has 6 nitrogen and oxygen atoms in total. The lowest BCUT2D eigenvalue weighted by molar-refractivity contribution is -0.142. The van der Waals surface area contributed by atoms with E-state index in [2.05, 4.69) is 33.0 Å². The fraction of sp³-hybridized carbons (Fsp3) is 0.417. The Kier molecular flexibility index (Phi) is 7.18. The molecular formula is C24H26BrF3N4O2. The fourth-order valence-corrected chi connectivity index (χ4v) is 5.10. The molecule has 0 aromatic heterocycles. The highest BCUT2D eigenvalue weighted by molar-refractivity contribution is 9.10. The van der Waals surface area contributed by atoms with Crippen molar-refractivity contribution in [1.29, 1.82) is 0 Å². The Morgan fingerprint density at radius 1 is 1.06 bits per heavy atom. The number of rotatable bonds is 6. The van der Waals surface area contributed by atoms with Gasteiger partial charge in [0.25, 0.3) is 0 Å². The van der Waals surface area contributed by atoms with E-state index in [4.69, 9.17) is 0 Å². The lowest BCUT2D eigenvalue weighted by Crippen LogP contribution is -2.56. The third kappa shape index (κ3) is 5.55. The van der Waals surface area contributed by atoms with E-state index < -0.39 is 30.7 Å². The molecule has 2 saturated heterocycles. The summed E-state index contributed by atoms with van der Waals surface area (Å²) >= 11 is 3.47. The first-order valence-electron chi connectivity index (χ1n) is 11.1. The van der Waals surface area contributed by atoms with E-state index in [0.717, 1.165) is 16.7 Å². The summed E-state index contributed by atoms with van der Waals surface area (Å²) in [4.78, 5) is 31.4. The molecule has 2 aromatic carbocycles. The Morgan fingerprint density at radius 2 is 1.76 bits per heavy atom. The summed E-state index contributed by atoms with van der Waals surface area (Å²) in [6.07, 6.45) is -3.38. The van der Waals surface area contributed by atoms with Crippen molar-refractivity contribution in [2.24, 2.45) is 0 Å². The number of nitrogens with zero attached hydrogens (tertiary/aromatic N) is 3. The molecule has 182 valence electrons. The molecule has 0 bridgehead atoms. The van der Waals surface area contributed by atoms with Gasteiger partial charge in [0.15, 0.2) is 0 Å². The first-order chi connectivity index (χ1) is 16.2. The van der Waals surface area contributed by atoms with Crippen LogP contribution in [-0.4, -0.2) is 66.2 Å². The van der Waals surface area contributed by atoms with Crippen LogP contribution in [-0.2, 0) is 16.1 Å². The Morgan fingerprint density at radius 3 is 2.41 bits per heavy atom. The molecule has 34 heavy (non-hydrogen) atoms. The highest BCUT2D eigenvalue weighted by atomic mass is 79.9. The van der Waals surface area contributed by atoms with Crippen molar-refractivity contribution < 1.29 is 22.8 Å². The summed E-state index contributed by atoms with van der Waals surface area (Å²) in [5.74, 6) is -1.03. The van der Waals surface area contributed by atoms with Gasteiger partial charge in [0.2, 0.25) is 11.8 Å². The zero-order chi connectivity index (χ0) is 24.3. The van der Waals surface area contributed by atoms with E-state index in [1.165, 1.54) is 10.5 Å². The second-order valence-corrected chi connectivity index (χ2v) is 9.65. The summed E-state index contributed by atoms with van der Waals surface area (Å²) in [7, 11) is 0. The Bertz CT molecular complexity index is 1030. The number of likely N-dealkylation sites (tertiary alicyclic amines) is 1. The molecule has 2 aromatic rings. The molecule has 2 aliphatic rings. The average Bonchev–Trinajstić information content (AvgIpc) is 3.06. The zero-order valence-electron chi connectivity index (χ0n) is 18.5. The van der Waals surface area contributed by atoms with E-state index in [-0.39, 0.29) is 12.6 Å². The van der Waals surface area contributed by atoms with Crippen molar-refractivity contribution in [1.82, 2.24) is 15.1 Å². The molecule has 2 amide bonds. The van der Waals surface area contributed by atoms with Crippen LogP contribution in [0, 0.1) is 0 Å². The van der Waals surface area contributed by atoms with Crippen LogP contribution in [0.1, 0.15) is 18.4 Å². The van der Waals surface area contributed by atoms with E-state index in [0.29, 0.717) is 25.9 Å². The third-order valence-electron chi connectivity index (χ3n) is 6.39. The quantitative estimate of drug-likeness (QED) is 0.608. The van der Waals surface area contributed by atoms with E-state index in [1.54, 1.807) is 0 Å². The minimum atomic E-state index is -4.50. The smallest absolute Gasteiger partial charge is 0.345 e. The van der Waals surface area contributed by atoms with Crippen LogP contribution in [0.2, 0.25) is 0 Å². The number of anilines is 1. The van der Waals surface area contributed by atoms with Crippen molar-refractivity contribution >= 4 is 33.4 Å².